The van der Waals surface area contributed by atoms with Gasteiger partial charge in [-0.15, -0.1) is 0 Å². The highest BCUT2D eigenvalue weighted by Crippen LogP contribution is 2.30. The van der Waals surface area contributed by atoms with Gasteiger partial charge in [0.15, 0.2) is 0 Å². The SMILES string of the molecule is Cc1nn(Cc2ccc(NC(=O)c3ccc(C(F)(F)F)cc3)cc2)c(-c2ccccc2)c1CC(=O)O. The van der Waals surface area contributed by atoms with Crippen LogP contribution in [-0.4, -0.2) is 26.8 Å². The number of hydrogen-bond acceptors (Lipinski definition) is 3. The first-order valence-electron chi connectivity index (χ1n) is 11.0. The van der Waals surface area contributed by atoms with Crippen LogP contribution in [0.1, 0.15) is 32.7 Å². The standard InChI is InChI=1S/C27H22F3N3O3/c1-17-23(15-24(34)35)25(19-5-3-2-4-6-19)33(32-17)16-18-7-13-22(14-8-18)31-26(36)20-9-11-21(12-10-20)27(28,29)30/h2-14H,15-16H2,1H3,(H,31,36)(H,34,35). The average Bonchev–Trinajstić information content (AvgIpc) is 3.14. The topological polar surface area (TPSA) is 84.2 Å². The van der Waals surface area contributed by atoms with Gasteiger partial charge >= 0.3 is 12.1 Å². The monoisotopic (exact) mass is 493 g/mol. The van der Waals surface area contributed by atoms with Gasteiger partial charge in [-0.25, -0.2) is 0 Å². The minimum Gasteiger partial charge on any atom is -0.481 e. The Kier molecular flexibility index (Phi) is 6.91. The van der Waals surface area contributed by atoms with Gasteiger partial charge in [-0.05, 0) is 48.9 Å². The van der Waals surface area contributed by atoms with Gasteiger partial charge in [-0.2, -0.15) is 18.3 Å². The van der Waals surface area contributed by atoms with Crippen LogP contribution in [0, 0.1) is 6.92 Å². The summed E-state index contributed by atoms with van der Waals surface area (Å²) in [4.78, 5) is 23.9. The molecule has 0 saturated carbocycles. The molecule has 1 heterocycles. The lowest BCUT2D eigenvalue weighted by atomic mass is 10.0. The number of carbonyl (C=O) groups excluding carboxylic acids is 1. The van der Waals surface area contributed by atoms with E-state index >= 15 is 0 Å². The number of carboxylic acids is 1. The van der Waals surface area contributed by atoms with Crippen LogP contribution in [0.3, 0.4) is 0 Å². The van der Waals surface area contributed by atoms with Gasteiger partial charge in [0, 0.05) is 22.4 Å². The van der Waals surface area contributed by atoms with Gasteiger partial charge in [0.1, 0.15) is 0 Å². The van der Waals surface area contributed by atoms with E-state index in [0.717, 1.165) is 41.1 Å². The molecule has 2 N–H and O–H groups in total. The fraction of sp³-hybridized carbons (Fsp3) is 0.148. The largest absolute Gasteiger partial charge is 0.481 e. The van der Waals surface area contributed by atoms with E-state index in [9.17, 15) is 27.9 Å². The fourth-order valence-electron chi connectivity index (χ4n) is 3.90. The summed E-state index contributed by atoms with van der Waals surface area (Å²) in [6, 6.07) is 20.4. The summed E-state index contributed by atoms with van der Waals surface area (Å²) in [6.45, 7) is 2.15. The first kappa shape index (κ1) is 24.7. The van der Waals surface area contributed by atoms with Crippen LogP contribution >= 0.6 is 0 Å². The molecule has 1 amide bonds. The zero-order chi connectivity index (χ0) is 25.9. The third-order valence-electron chi connectivity index (χ3n) is 5.65. The second-order valence-electron chi connectivity index (χ2n) is 8.23. The molecule has 3 aromatic carbocycles. The molecular weight excluding hydrogens is 471 g/mol. The molecule has 184 valence electrons. The van der Waals surface area contributed by atoms with Crippen LogP contribution in [0.25, 0.3) is 11.3 Å². The van der Waals surface area contributed by atoms with Crippen molar-refractivity contribution in [3.63, 3.8) is 0 Å². The summed E-state index contributed by atoms with van der Waals surface area (Å²) in [7, 11) is 0. The third-order valence-corrected chi connectivity index (χ3v) is 5.65. The summed E-state index contributed by atoms with van der Waals surface area (Å²) >= 11 is 0. The Hall–Kier alpha value is -4.40. The average molecular weight is 493 g/mol. The van der Waals surface area contributed by atoms with Crippen molar-refractivity contribution in [2.45, 2.75) is 26.1 Å². The van der Waals surface area contributed by atoms with E-state index in [-0.39, 0.29) is 12.0 Å². The first-order valence-corrected chi connectivity index (χ1v) is 11.0. The molecule has 0 bridgehead atoms. The first-order chi connectivity index (χ1) is 17.1. The van der Waals surface area contributed by atoms with E-state index in [2.05, 4.69) is 10.4 Å². The fourth-order valence-corrected chi connectivity index (χ4v) is 3.90. The molecular formula is C27H22F3N3O3. The Morgan fingerprint density at radius 1 is 0.944 bits per heavy atom. The number of aryl methyl sites for hydroxylation is 1. The Morgan fingerprint density at radius 3 is 2.17 bits per heavy atom. The predicted molar refractivity (Wildman–Crippen MR) is 129 cm³/mol. The summed E-state index contributed by atoms with van der Waals surface area (Å²) in [6.07, 6.45) is -4.61. The molecule has 4 aromatic rings. The number of aliphatic carboxylic acids is 1. The number of alkyl halides is 3. The molecule has 9 heteroatoms. The van der Waals surface area contributed by atoms with Crippen LogP contribution < -0.4 is 5.32 Å². The number of nitrogens with zero attached hydrogens (tertiary/aromatic N) is 2. The highest BCUT2D eigenvalue weighted by Gasteiger charge is 2.30. The van der Waals surface area contributed by atoms with Gasteiger partial charge in [0.05, 0.1) is 29.9 Å². The van der Waals surface area contributed by atoms with E-state index in [1.165, 1.54) is 0 Å². The number of rotatable bonds is 7. The van der Waals surface area contributed by atoms with Gasteiger partial charge in [0.25, 0.3) is 5.91 Å². The summed E-state index contributed by atoms with van der Waals surface area (Å²) in [5.41, 5.74) is 3.51. The Balaban J connectivity index is 1.52. The van der Waals surface area contributed by atoms with Crippen molar-refractivity contribution in [3.8, 4) is 11.3 Å². The van der Waals surface area contributed by atoms with Gasteiger partial charge in [-0.3, -0.25) is 14.3 Å². The van der Waals surface area contributed by atoms with Crippen LogP contribution in [0.2, 0.25) is 0 Å². The highest BCUT2D eigenvalue weighted by molar-refractivity contribution is 6.04. The number of aromatic nitrogens is 2. The van der Waals surface area contributed by atoms with Crippen molar-refractivity contribution in [1.82, 2.24) is 9.78 Å². The van der Waals surface area contributed by atoms with Crippen molar-refractivity contribution < 1.29 is 27.9 Å². The number of amides is 1. The molecule has 0 atom stereocenters. The van der Waals surface area contributed by atoms with Crippen molar-refractivity contribution >= 4 is 17.6 Å². The van der Waals surface area contributed by atoms with E-state index in [1.54, 1.807) is 35.9 Å². The lowest BCUT2D eigenvalue weighted by Gasteiger charge is -2.11. The van der Waals surface area contributed by atoms with E-state index in [4.69, 9.17) is 0 Å². The maximum absolute atomic E-state index is 12.7. The van der Waals surface area contributed by atoms with Gasteiger partial charge in [-0.1, -0.05) is 42.5 Å². The zero-order valence-corrected chi connectivity index (χ0v) is 19.2. The molecule has 1 aromatic heterocycles. The van der Waals surface area contributed by atoms with Crippen molar-refractivity contribution in [1.29, 1.82) is 0 Å². The number of carboxylic acid groups (broad SMARTS) is 1. The molecule has 0 aliphatic carbocycles. The van der Waals surface area contributed by atoms with Crippen molar-refractivity contribution in [3.05, 3.63) is 107 Å². The minimum absolute atomic E-state index is 0.109. The Labute approximate surface area is 205 Å². The molecule has 0 spiro atoms. The van der Waals surface area contributed by atoms with Gasteiger partial charge < -0.3 is 10.4 Å². The minimum atomic E-state index is -4.47. The van der Waals surface area contributed by atoms with Crippen LogP contribution in [-0.2, 0) is 23.9 Å². The highest BCUT2D eigenvalue weighted by atomic mass is 19.4. The van der Waals surface area contributed by atoms with Crippen LogP contribution in [0.5, 0.6) is 0 Å². The smallest absolute Gasteiger partial charge is 0.416 e. The van der Waals surface area contributed by atoms with Crippen molar-refractivity contribution in [2.24, 2.45) is 0 Å². The second kappa shape index (κ2) is 10.1. The molecule has 4 rings (SSSR count). The summed E-state index contributed by atoms with van der Waals surface area (Å²) < 4.78 is 40.0. The molecule has 0 saturated heterocycles. The maximum Gasteiger partial charge on any atom is 0.416 e. The molecule has 0 aliphatic heterocycles. The molecule has 36 heavy (non-hydrogen) atoms. The number of anilines is 1. The number of halogens is 3. The third kappa shape index (κ3) is 5.63. The molecule has 0 aliphatic rings. The summed E-state index contributed by atoms with van der Waals surface area (Å²) in [5.74, 6) is -1.47. The van der Waals surface area contributed by atoms with Crippen LogP contribution in [0.4, 0.5) is 18.9 Å². The molecule has 0 unspecified atom stereocenters. The maximum atomic E-state index is 12.7. The predicted octanol–water partition coefficient (Wildman–Crippen LogP) is 5.81. The zero-order valence-electron chi connectivity index (χ0n) is 19.2. The quantitative estimate of drug-likeness (QED) is 0.341. The van der Waals surface area contributed by atoms with E-state index in [1.807, 2.05) is 30.3 Å². The Morgan fingerprint density at radius 2 is 1.58 bits per heavy atom. The van der Waals surface area contributed by atoms with Crippen molar-refractivity contribution in [2.75, 3.05) is 5.32 Å². The number of benzene rings is 3. The van der Waals surface area contributed by atoms with Gasteiger partial charge in [0.2, 0.25) is 0 Å². The van der Waals surface area contributed by atoms with E-state index in [0.29, 0.717) is 23.5 Å². The Bertz CT molecular complexity index is 1380. The number of carbonyl (C=O) groups is 2. The second-order valence-corrected chi connectivity index (χ2v) is 8.23. The number of hydrogen-bond donors (Lipinski definition) is 2. The molecule has 0 fully saturated rings. The van der Waals surface area contributed by atoms with Crippen LogP contribution in [0.15, 0.2) is 78.9 Å². The lowest BCUT2D eigenvalue weighted by molar-refractivity contribution is -0.138. The molecule has 6 nitrogen and oxygen atoms in total. The number of nitrogens with one attached hydrogen (secondary N) is 1. The normalized spacial score (nSPS) is 11.3. The lowest BCUT2D eigenvalue weighted by Crippen LogP contribution is -2.13. The summed E-state index contributed by atoms with van der Waals surface area (Å²) in [5, 5.41) is 16.6. The molecule has 0 radical (unpaired) electrons. The van der Waals surface area contributed by atoms with E-state index < -0.39 is 23.6 Å².